The standard InChI is InChI=1S/C36H29FN2/c1-3-33-36(20-28-26-13-9-15-30(37)34(26)32-18-16-23(2)21-39(32)35(28)36)29-14-8-7-12-27(29)31-19-17-25(22-38(31)33)24-10-5-4-6-11-24/h3-19,21-22,28,33,35H,1,20H2,2H3/q+2. The van der Waals surface area contributed by atoms with E-state index in [-0.39, 0.29) is 29.2 Å². The third kappa shape index (κ3) is 2.90. The maximum Gasteiger partial charge on any atom is 0.216 e. The molecule has 0 saturated heterocycles. The van der Waals surface area contributed by atoms with Crippen LogP contribution in [0.3, 0.4) is 0 Å². The van der Waals surface area contributed by atoms with Gasteiger partial charge in [-0.1, -0.05) is 67.2 Å². The molecule has 3 heteroatoms. The number of aromatic nitrogens is 2. The molecule has 1 spiro atoms. The van der Waals surface area contributed by atoms with Crippen LogP contribution in [-0.2, 0) is 5.41 Å². The second-order valence-corrected chi connectivity index (χ2v) is 11.3. The Morgan fingerprint density at radius 3 is 2.44 bits per heavy atom. The van der Waals surface area contributed by atoms with E-state index in [9.17, 15) is 0 Å². The molecule has 2 aromatic heterocycles. The zero-order valence-electron chi connectivity index (χ0n) is 21.9. The summed E-state index contributed by atoms with van der Waals surface area (Å²) < 4.78 is 20.2. The van der Waals surface area contributed by atoms with E-state index in [1.807, 2.05) is 6.07 Å². The molecular weight excluding hydrogens is 479 g/mol. The van der Waals surface area contributed by atoms with Gasteiger partial charge >= 0.3 is 0 Å². The third-order valence-corrected chi connectivity index (χ3v) is 9.43. The lowest BCUT2D eigenvalue weighted by Crippen LogP contribution is -2.71. The first-order valence-corrected chi connectivity index (χ1v) is 13.8. The summed E-state index contributed by atoms with van der Waals surface area (Å²) in [5.41, 5.74) is 10.0. The van der Waals surface area contributed by atoms with Gasteiger partial charge in [0, 0.05) is 29.2 Å². The van der Waals surface area contributed by atoms with E-state index < -0.39 is 0 Å². The monoisotopic (exact) mass is 508 g/mol. The first kappa shape index (κ1) is 22.6. The molecule has 4 heterocycles. The molecule has 3 aromatic carbocycles. The van der Waals surface area contributed by atoms with Crippen LogP contribution in [0.2, 0.25) is 0 Å². The highest BCUT2D eigenvalue weighted by atomic mass is 19.1. The van der Waals surface area contributed by atoms with Gasteiger partial charge in [0.15, 0.2) is 24.5 Å². The van der Waals surface area contributed by atoms with Gasteiger partial charge in [-0.25, -0.2) is 4.39 Å². The van der Waals surface area contributed by atoms with Crippen LogP contribution in [0.5, 0.6) is 0 Å². The Morgan fingerprint density at radius 2 is 1.59 bits per heavy atom. The van der Waals surface area contributed by atoms with Crippen molar-refractivity contribution in [1.29, 1.82) is 0 Å². The average Bonchev–Trinajstić information content (AvgIpc) is 2.96. The number of nitrogens with zero attached hydrogens (tertiary/aromatic N) is 2. The molecule has 3 aliphatic rings. The predicted molar refractivity (Wildman–Crippen MR) is 152 cm³/mol. The summed E-state index contributed by atoms with van der Waals surface area (Å²) in [5, 5.41) is 0. The van der Waals surface area contributed by atoms with Crippen LogP contribution in [0.25, 0.3) is 33.6 Å². The summed E-state index contributed by atoms with van der Waals surface area (Å²) >= 11 is 0. The smallest absolute Gasteiger partial charge is 0.206 e. The second-order valence-electron chi connectivity index (χ2n) is 11.3. The Labute approximate surface area is 228 Å². The number of rotatable bonds is 2. The topological polar surface area (TPSA) is 7.76 Å². The molecule has 4 unspecified atom stereocenters. The van der Waals surface area contributed by atoms with Gasteiger partial charge in [0.1, 0.15) is 11.2 Å². The summed E-state index contributed by atoms with van der Waals surface area (Å²) in [6.07, 6.45) is 7.61. The molecule has 1 aliphatic carbocycles. The fourth-order valence-corrected chi connectivity index (χ4v) is 7.89. The number of pyridine rings is 2. The molecule has 4 atom stereocenters. The van der Waals surface area contributed by atoms with Gasteiger partial charge < -0.3 is 0 Å². The van der Waals surface area contributed by atoms with Crippen molar-refractivity contribution in [2.45, 2.75) is 36.8 Å². The van der Waals surface area contributed by atoms with Crippen LogP contribution >= 0.6 is 0 Å². The molecule has 8 rings (SSSR count). The number of halogens is 1. The highest BCUT2D eigenvalue weighted by Crippen LogP contribution is 2.67. The van der Waals surface area contributed by atoms with Crippen LogP contribution in [0.15, 0.2) is 122 Å². The van der Waals surface area contributed by atoms with Crippen molar-refractivity contribution in [2.75, 3.05) is 0 Å². The van der Waals surface area contributed by atoms with Gasteiger partial charge in [-0.05, 0) is 60.4 Å². The maximum absolute atomic E-state index is 15.4. The first-order chi connectivity index (χ1) is 19.1. The molecule has 188 valence electrons. The molecule has 1 saturated carbocycles. The Kier molecular flexibility index (Phi) is 4.67. The summed E-state index contributed by atoms with van der Waals surface area (Å²) in [6, 6.07) is 33.9. The van der Waals surface area contributed by atoms with E-state index in [1.54, 1.807) is 6.07 Å². The molecule has 39 heavy (non-hydrogen) atoms. The number of benzene rings is 3. The van der Waals surface area contributed by atoms with Crippen LogP contribution in [0.4, 0.5) is 4.39 Å². The zero-order valence-corrected chi connectivity index (χ0v) is 21.9. The molecular formula is C36H29FN2+2. The fraction of sp³-hybridized carbons (Fsp3) is 0.167. The van der Waals surface area contributed by atoms with Gasteiger partial charge in [-0.2, -0.15) is 9.13 Å². The minimum Gasteiger partial charge on any atom is -0.206 e. The van der Waals surface area contributed by atoms with Crippen molar-refractivity contribution in [3.63, 3.8) is 0 Å². The highest BCUT2D eigenvalue weighted by molar-refractivity contribution is 5.71. The molecule has 0 N–H and O–H groups in total. The van der Waals surface area contributed by atoms with E-state index in [1.165, 1.54) is 33.5 Å². The Balaban J connectivity index is 1.40. The Morgan fingerprint density at radius 1 is 0.795 bits per heavy atom. The average molecular weight is 509 g/mol. The van der Waals surface area contributed by atoms with Gasteiger partial charge in [-0.15, -0.1) is 0 Å². The molecule has 0 amide bonds. The summed E-state index contributed by atoms with van der Waals surface area (Å²) in [7, 11) is 0. The molecule has 0 radical (unpaired) electrons. The van der Waals surface area contributed by atoms with Crippen LogP contribution < -0.4 is 9.13 Å². The lowest BCUT2D eigenvalue weighted by molar-refractivity contribution is -0.775. The van der Waals surface area contributed by atoms with Crippen molar-refractivity contribution in [3.8, 4) is 33.6 Å². The molecule has 0 bridgehead atoms. The summed E-state index contributed by atoms with van der Waals surface area (Å²) in [5.74, 6) is 0.0889. The largest absolute Gasteiger partial charge is 0.216 e. The predicted octanol–water partition coefficient (Wildman–Crippen LogP) is 7.43. The quantitative estimate of drug-likeness (QED) is 0.173. The van der Waals surface area contributed by atoms with E-state index in [0.29, 0.717) is 0 Å². The minimum absolute atomic E-state index is 0.0447. The lowest BCUT2D eigenvalue weighted by atomic mass is 9.47. The van der Waals surface area contributed by atoms with E-state index in [0.717, 1.165) is 23.2 Å². The molecule has 5 aromatic rings. The number of hydrogen-bond acceptors (Lipinski definition) is 0. The highest BCUT2D eigenvalue weighted by Gasteiger charge is 2.71. The van der Waals surface area contributed by atoms with Crippen molar-refractivity contribution in [3.05, 3.63) is 145 Å². The van der Waals surface area contributed by atoms with Crippen molar-refractivity contribution < 1.29 is 13.5 Å². The molecule has 2 aliphatic heterocycles. The normalized spacial score (nSPS) is 23.5. The van der Waals surface area contributed by atoms with Crippen LogP contribution in [0.1, 0.15) is 41.1 Å². The lowest BCUT2D eigenvalue weighted by Gasteiger charge is -2.55. The van der Waals surface area contributed by atoms with Crippen LogP contribution in [-0.4, -0.2) is 0 Å². The Hall–Kier alpha value is -4.37. The minimum atomic E-state index is -0.215. The van der Waals surface area contributed by atoms with Crippen molar-refractivity contribution >= 4 is 0 Å². The SMILES string of the molecule is C=CC1[n+]2cc(-c3ccccc3)ccc2-c2ccccc2C12CC1c3cccc(F)c3-c3ccc(C)c[n+]3C12. The number of aryl methyl sites for hydroxylation is 1. The van der Waals surface area contributed by atoms with Gasteiger partial charge in [0.05, 0.1) is 11.1 Å². The summed E-state index contributed by atoms with van der Waals surface area (Å²) in [4.78, 5) is 0. The molecule has 1 fully saturated rings. The van der Waals surface area contributed by atoms with E-state index in [4.69, 9.17) is 0 Å². The van der Waals surface area contributed by atoms with Gasteiger partial charge in [-0.3, -0.25) is 0 Å². The molecule has 2 nitrogen and oxygen atoms in total. The van der Waals surface area contributed by atoms with Crippen molar-refractivity contribution in [1.82, 2.24) is 0 Å². The van der Waals surface area contributed by atoms with Crippen LogP contribution in [0, 0.1) is 12.7 Å². The number of fused-ring (bicyclic) bond motifs is 11. The van der Waals surface area contributed by atoms with E-state index in [2.05, 4.69) is 126 Å². The fourth-order valence-electron chi connectivity index (χ4n) is 7.89. The summed E-state index contributed by atoms with van der Waals surface area (Å²) in [6.45, 7) is 6.54. The zero-order chi connectivity index (χ0) is 26.3. The Bertz CT molecular complexity index is 1810. The second kappa shape index (κ2) is 8.07. The van der Waals surface area contributed by atoms with Gasteiger partial charge in [0.25, 0.3) is 0 Å². The van der Waals surface area contributed by atoms with Crippen molar-refractivity contribution in [2.24, 2.45) is 0 Å². The first-order valence-electron chi connectivity index (χ1n) is 13.8. The van der Waals surface area contributed by atoms with Gasteiger partial charge in [0.2, 0.25) is 11.4 Å². The maximum atomic E-state index is 15.4. The van der Waals surface area contributed by atoms with E-state index >= 15 is 4.39 Å². The number of hydrogen-bond donors (Lipinski definition) is 0. The third-order valence-electron chi connectivity index (χ3n) is 9.43. The number of allylic oxidation sites excluding steroid dienone is 1.